The van der Waals surface area contributed by atoms with Crippen LogP contribution < -0.4 is 5.32 Å². The Bertz CT molecular complexity index is 487. The summed E-state index contributed by atoms with van der Waals surface area (Å²) in [5.74, 6) is -0.863. The van der Waals surface area contributed by atoms with Crippen molar-refractivity contribution in [2.45, 2.75) is 13.0 Å². The van der Waals surface area contributed by atoms with Crippen molar-refractivity contribution in [2.24, 2.45) is 0 Å². The zero-order valence-corrected chi connectivity index (χ0v) is 13.4. The number of halogens is 4. The number of carbonyl (C=O) groups is 1. The molecule has 1 aromatic carbocycles. The maximum absolute atomic E-state index is 13.8. The van der Waals surface area contributed by atoms with Gasteiger partial charge in [-0.2, -0.15) is 0 Å². The summed E-state index contributed by atoms with van der Waals surface area (Å²) in [5, 5.41) is 3.57. The number of hydrogen-bond donors (Lipinski definition) is 1. The van der Waals surface area contributed by atoms with Gasteiger partial charge in [-0.3, -0.25) is 4.79 Å². The van der Waals surface area contributed by atoms with Crippen LogP contribution in [-0.2, 0) is 0 Å². The van der Waals surface area contributed by atoms with Crippen molar-refractivity contribution in [1.29, 1.82) is 0 Å². The summed E-state index contributed by atoms with van der Waals surface area (Å²) in [6.45, 7) is 3.87. The van der Waals surface area contributed by atoms with Crippen LogP contribution in [0.1, 0.15) is 17.3 Å². The number of benzene rings is 1. The van der Waals surface area contributed by atoms with E-state index < -0.39 is 5.82 Å². The highest BCUT2D eigenvalue weighted by Crippen LogP contribution is 2.26. The van der Waals surface area contributed by atoms with Crippen molar-refractivity contribution in [3.8, 4) is 0 Å². The van der Waals surface area contributed by atoms with E-state index in [2.05, 4.69) is 21.2 Å². The van der Waals surface area contributed by atoms with E-state index in [1.165, 1.54) is 12.1 Å². The Morgan fingerprint density at radius 3 is 2.89 bits per heavy atom. The highest BCUT2D eigenvalue weighted by Gasteiger charge is 2.24. The van der Waals surface area contributed by atoms with Crippen LogP contribution in [-0.4, -0.2) is 36.5 Å². The third-order valence-corrected chi connectivity index (χ3v) is 4.09. The molecule has 0 aliphatic carbocycles. The van der Waals surface area contributed by atoms with Crippen LogP contribution in [0.15, 0.2) is 16.6 Å². The maximum atomic E-state index is 13.8. The molecular formula is C12H14BrCl2FN2O. The summed E-state index contributed by atoms with van der Waals surface area (Å²) in [6.07, 6.45) is 0. The number of amides is 1. The zero-order valence-electron chi connectivity index (χ0n) is 10.3. The van der Waals surface area contributed by atoms with Crippen molar-refractivity contribution in [2.75, 3.05) is 19.6 Å². The van der Waals surface area contributed by atoms with Crippen LogP contribution in [0.4, 0.5) is 4.39 Å². The van der Waals surface area contributed by atoms with Crippen molar-refractivity contribution in [3.63, 3.8) is 0 Å². The highest BCUT2D eigenvalue weighted by atomic mass is 79.9. The molecule has 0 radical (unpaired) electrons. The van der Waals surface area contributed by atoms with Crippen LogP contribution >= 0.6 is 39.9 Å². The van der Waals surface area contributed by atoms with Gasteiger partial charge in [0.25, 0.3) is 5.91 Å². The monoisotopic (exact) mass is 370 g/mol. The minimum atomic E-state index is -0.553. The number of nitrogens with zero attached hydrogens (tertiary/aromatic N) is 1. The predicted molar refractivity (Wildman–Crippen MR) is 79.7 cm³/mol. The molecule has 1 saturated heterocycles. The maximum Gasteiger partial charge on any atom is 0.256 e. The number of piperazine rings is 1. The zero-order chi connectivity index (χ0) is 13.3. The second kappa shape index (κ2) is 6.88. The Kier molecular flexibility index (Phi) is 6.05. The summed E-state index contributed by atoms with van der Waals surface area (Å²) in [7, 11) is 0. The SMILES string of the molecule is C[C@H]1CN(C(=O)c2cc(Cl)c(Br)cc2F)CCN1.Cl. The molecule has 3 nitrogen and oxygen atoms in total. The lowest BCUT2D eigenvalue weighted by Crippen LogP contribution is -2.51. The van der Waals surface area contributed by atoms with Crippen LogP contribution in [0.2, 0.25) is 5.02 Å². The summed E-state index contributed by atoms with van der Waals surface area (Å²) < 4.78 is 14.2. The van der Waals surface area contributed by atoms with E-state index in [0.29, 0.717) is 22.6 Å². The van der Waals surface area contributed by atoms with Crippen molar-refractivity contribution in [3.05, 3.63) is 33.0 Å². The molecule has 1 aliphatic heterocycles. The minimum Gasteiger partial charge on any atom is -0.336 e. The van der Waals surface area contributed by atoms with Gasteiger partial charge in [-0.15, -0.1) is 12.4 Å². The van der Waals surface area contributed by atoms with E-state index >= 15 is 0 Å². The normalized spacial score (nSPS) is 18.9. The quantitative estimate of drug-likeness (QED) is 0.769. The van der Waals surface area contributed by atoms with Gasteiger partial charge >= 0.3 is 0 Å². The van der Waals surface area contributed by atoms with Crippen molar-refractivity contribution < 1.29 is 9.18 Å². The summed E-state index contributed by atoms with van der Waals surface area (Å²) in [5.41, 5.74) is 0.0253. The second-order valence-corrected chi connectivity index (χ2v) is 5.61. The standard InChI is InChI=1S/C12H13BrClFN2O.ClH/c1-7-6-17(3-2-16-7)12(18)8-4-10(14)9(13)5-11(8)15;/h4-5,7,16H,2-3,6H2,1H3;1H/t7-;/m0./s1. The molecule has 19 heavy (non-hydrogen) atoms. The first-order valence-corrected chi connectivity index (χ1v) is 6.83. The molecule has 0 saturated carbocycles. The van der Waals surface area contributed by atoms with E-state index in [4.69, 9.17) is 11.6 Å². The molecule has 0 aromatic heterocycles. The lowest BCUT2D eigenvalue weighted by molar-refractivity contribution is 0.0704. The first kappa shape index (κ1) is 16.7. The molecule has 7 heteroatoms. The fourth-order valence-electron chi connectivity index (χ4n) is 1.97. The van der Waals surface area contributed by atoms with Gasteiger partial charge in [0.05, 0.1) is 10.6 Å². The van der Waals surface area contributed by atoms with Crippen LogP contribution in [0.5, 0.6) is 0 Å². The van der Waals surface area contributed by atoms with E-state index in [-0.39, 0.29) is 29.9 Å². The molecule has 1 aromatic rings. The molecule has 0 bridgehead atoms. The lowest BCUT2D eigenvalue weighted by Gasteiger charge is -2.32. The fourth-order valence-corrected chi connectivity index (χ4v) is 2.45. The smallest absolute Gasteiger partial charge is 0.256 e. The molecule has 1 fully saturated rings. The number of rotatable bonds is 1. The third-order valence-electron chi connectivity index (χ3n) is 2.90. The molecule has 0 spiro atoms. The molecule has 1 amide bonds. The Morgan fingerprint density at radius 2 is 2.26 bits per heavy atom. The number of nitrogens with one attached hydrogen (secondary N) is 1. The highest BCUT2D eigenvalue weighted by molar-refractivity contribution is 9.10. The summed E-state index contributed by atoms with van der Waals surface area (Å²) in [6, 6.07) is 2.81. The van der Waals surface area contributed by atoms with E-state index in [9.17, 15) is 9.18 Å². The summed E-state index contributed by atoms with van der Waals surface area (Å²) >= 11 is 9.03. The topological polar surface area (TPSA) is 32.3 Å². The van der Waals surface area contributed by atoms with Gasteiger partial charge in [-0.05, 0) is 35.0 Å². The average molecular weight is 372 g/mol. The molecule has 1 atom stereocenters. The third kappa shape index (κ3) is 3.81. The average Bonchev–Trinajstić information content (AvgIpc) is 2.33. The molecule has 106 valence electrons. The Balaban J connectivity index is 0.00000180. The van der Waals surface area contributed by atoms with Crippen molar-refractivity contribution >= 4 is 45.8 Å². The van der Waals surface area contributed by atoms with Gasteiger partial charge in [0.1, 0.15) is 5.82 Å². The largest absolute Gasteiger partial charge is 0.336 e. The molecule has 1 heterocycles. The first-order chi connectivity index (χ1) is 8.49. The molecule has 2 rings (SSSR count). The Labute approximate surface area is 131 Å². The molecule has 0 unspecified atom stereocenters. The molecule has 1 aliphatic rings. The molecular weight excluding hydrogens is 358 g/mol. The van der Waals surface area contributed by atoms with Crippen LogP contribution in [0, 0.1) is 5.82 Å². The van der Waals surface area contributed by atoms with Gasteiger partial charge in [0.2, 0.25) is 0 Å². The van der Waals surface area contributed by atoms with E-state index in [0.717, 1.165) is 6.54 Å². The number of hydrogen-bond acceptors (Lipinski definition) is 2. The van der Waals surface area contributed by atoms with Crippen LogP contribution in [0.25, 0.3) is 0 Å². The first-order valence-electron chi connectivity index (χ1n) is 5.66. The van der Waals surface area contributed by atoms with E-state index in [1.807, 2.05) is 6.92 Å². The minimum absolute atomic E-state index is 0. The summed E-state index contributed by atoms with van der Waals surface area (Å²) in [4.78, 5) is 13.9. The van der Waals surface area contributed by atoms with Gasteiger partial charge in [-0.1, -0.05) is 11.6 Å². The second-order valence-electron chi connectivity index (χ2n) is 4.35. The Hall–Kier alpha value is -0.360. The van der Waals surface area contributed by atoms with Gasteiger partial charge in [-0.25, -0.2) is 4.39 Å². The fraction of sp³-hybridized carbons (Fsp3) is 0.417. The van der Waals surface area contributed by atoms with Gasteiger partial charge in [0, 0.05) is 30.1 Å². The lowest BCUT2D eigenvalue weighted by atomic mass is 10.1. The number of carbonyl (C=O) groups excluding carboxylic acids is 1. The van der Waals surface area contributed by atoms with E-state index in [1.54, 1.807) is 4.90 Å². The predicted octanol–water partition coefficient (Wildman–Crippen LogP) is 3.10. The van der Waals surface area contributed by atoms with Gasteiger partial charge in [0.15, 0.2) is 0 Å². The van der Waals surface area contributed by atoms with Crippen LogP contribution in [0.3, 0.4) is 0 Å². The van der Waals surface area contributed by atoms with Gasteiger partial charge < -0.3 is 10.2 Å². The van der Waals surface area contributed by atoms with Crippen molar-refractivity contribution in [1.82, 2.24) is 10.2 Å². The molecule has 1 N–H and O–H groups in total. The Morgan fingerprint density at radius 1 is 1.58 bits per heavy atom.